The van der Waals surface area contributed by atoms with Gasteiger partial charge in [0.2, 0.25) is 10.0 Å². The summed E-state index contributed by atoms with van der Waals surface area (Å²) in [6.07, 6.45) is 0.683. The van der Waals surface area contributed by atoms with E-state index < -0.39 is 10.0 Å². The summed E-state index contributed by atoms with van der Waals surface area (Å²) in [6, 6.07) is 13.4. The van der Waals surface area contributed by atoms with Gasteiger partial charge in [0, 0.05) is 24.5 Å². The lowest BCUT2D eigenvalue weighted by Gasteiger charge is -2.28. The Morgan fingerprint density at radius 1 is 1.07 bits per heavy atom. The maximum absolute atomic E-state index is 13.4. The van der Waals surface area contributed by atoms with Crippen molar-refractivity contribution in [3.8, 4) is 0 Å². The maximum Gasteiger partial charge on any atom is 0.265 e. The largest absolute Gasteiger partial charge is 0.333 e. The van der Waals surface area contributed by atoms with Gasteiger partial charge in [0.1, 0.15) is 9.77 Å². The first-order valence-electron chi connectivity index (χ1n) is 9.46. The fourth-order valence-electron chi connectivity index (χ4n) is 3.53. The molecular weight excluding hydrogens is 424 g/mol. The van der Waals surface area contributed by atoms with Gasteiger partial charge in [0.05, 0.1) is 6.54 Å². The third kappa shape index (κ3) is 4.02. The van der Waals surface area contributed by atoms with Crippen molar-refractivity contribution in [2.45, 2.75) is 31.3 Å². The van der Waals surface area contributed by atoms with E-state index in [1.54, 1.807) is 27.7 Å². The van der Waals surface area contributed by atoms with Gasteiger partial charge in [-0.15, -0.1) is 22.7 Å². The van der Waals surface area contributed by atoms with Gasteiger partial charge >= 0.3 is 0 Å². The molecule has 1 aliphatic rings. The van der Waals surface area contributed by atoms with E-state index in [2.05, 4.69) is 0 Å². The Morgan fingerprint density at radius 2 is 1.86 bits per heavy atom. The highest BCUT2D eigenvalue weighted by molar-refractivity contribution is 7.89. The van der Waals surface area contributed by atoms with Crippen molar-refractivity contribution in [2.24, 2.45) is 0 Å². The number of thiophene rings is 2. The van der Waals surface area contributed by atoms with Crippen molar-refractivity contribution in [2.75, 3.05) is 13.1 Å². The zero-order valence-electron chi connectivity index (χ0n) is 16.1. The molecule has 4 rings (SSSR count). The highest BCUT2D eigenvalue weighted by Gasteiger charge is 2.33. The zero-order valence-corrected chi connectivity index (χ0v) is 18.5. The molecular formula is C21H22N2O3S3. The molecule has 2 aromatic heterocycles. The van der Waals surface area contributed by atoms with Gasteiger partial charge in [-0.25, -0.2) is 8.42 Å². The van der Waals surface area contributed by atoms with Gasteiger partial charge in [-0.3, -0.25) is 4.79 Å². The van der Waals surface area contributed by atoms with E-state index in [0.29, 0.717) is 37.5 Å². The SMILES string of the molecule is CCN(Cc1cccs1)C(=O)c1sccc1S(=O)(=O)N1CCc2ccccc2C1. The molecule has 0 N–H and O–H groups in total. The summed E-state index contributed by atoms with van der Waals surface area (Å²) in [5.74, 6) is -0.230. The summed E-state index contributed by atoms with van der Waals surface area (Å²) in [7, 11) is -3.74. The van der Waals surface area contributed by atoms with Gasteiger partial charge < -0.3 is 4.90 Å². The molecule has 3 aromatic rings. The summed E-state index contributed by atoms with van der Waals surface area (Å²) >= 11 is 2.79. The number of fused-ring (bicyclic) bond motifs is 1. The first-order valence-corrected chi connectivity index (χ1v) is 12.7. The molecule has 1 amide bonds. The van der Waals surface area contributed by atoms with Crippen LogP contribution in [0.2, 0.25) is 0 Å². The van der Waals surface area contributed by atoms with Crippen LogP contribution in [0.15, 0.2) is 58.1 Å². The van der Waals surface area contributed by atoms with Crippen molar-refractivity contribution in [3.63, 3.8) is 0 Å². The second kappa shape index (κ2) is 8.39. The number of benzene rings is 1. The van der Waals surface area contributed by atoms with E-state index in [1.165, 1.54) is 21.2 Å². The number of hydrogen-bond donors (Lipinski definition) is 0. The van der Waals surface area contributed by atoms with E-state index >= 15 is 0 Å². The molecule has 0 aliphatic carbocycles. The molecule has 29 heavy (non-hydrogen) atoms. The van der Waals surface area contributed by atoms with Crippen molar-refractivity contribution in [1.82, 2.24) is 9.21 Å². The monoisotopic (exact) mass is 446 g/mol. The number of hydrogen-bond acceptors (Lipinski definition) is 5. The number of carbonyl (C=O) groups excluding carboxylic acids is 1. The number of carbonyl (C=O) groups is 1. The molecule has 0 spiro atoms. The Hall–Kier alpha value is -2.00. The molecule has 152 valence electrons. The van der Waals surface area contributed by atoms with E-state index in [0.717, 1.165) is 10.4 Å². The molecule has 0 atom stereocenters. The van der Waals surface area contributed by atoms with Crippen LogP contribution >= 0.6 is 22.7 Å². The van der Waals surface area contributed by atoms with E-state index in [-0.39, 0.29) is 10.8 Å². The Balaban J connectivity index is 1.60. The minimum atomic E-state index is -3.74. The predicted octanol–water partition coefficient (Wildman–Crippen LogP) is 4.22. The summed E-state index contributed by atoms with van der Waals surface area (Å²) in [6.45, 7) is 3.69. The second-order valence-electron chi connectivity index (χ2n) is 6.87. The number of nitrogens with zero attached hydrogens (tertiary/aromatic N) is 2. The first kappa shape index (κ1) is 20.3. The molecule has 1 aromatic carbocycles. The maximum atomic E-state index is 13.4. The van der Waals surface area contributed by atoms with Crippen LogP contribution in [0.5, 0.6) is 0 Å². The Morgan fingerprint density at radius 3 is 2.59 bits per heavy atom. The minimum absolute atomic E-state index is 0.122. The van der Waals surface area contributed by atoms with E-state index in [4.69, 9.17) is 0 Å². The predicted molar refractivity (Wildman–Crippen MR) is 117 cm³/mol. The lowest BCUT2D eigenvalue weighted by molar-refractivity contribution is 0.0755. The average molecular weight is 447 g/mol. The smallest absolute Gasteiger partial charge is 0.265 e. The summed E-state index contributed by atoms with van der Waals surface area (Å²) in [5, 5.41) is 3.67. The van der Waals surface area contributed by atoms with Crippen molar-refractivity contribution in [3.05, 3.63) is 74.1 Å². The standard InChI is InChI=1S/C21H22N2O3S3/c1-2-22(15-18-8-5-12-27-18)21(24)20-19(10-13-28-20)29(25,26)23-11-9-16-6-3-4-7-17(16)14-23/h3-8,10,12-13H,2,9,11,14-15H2,1H3. The summed E-state index contributed by atoms with van der Waals surface area (Å²) in [5.41, 5.74) is 2.21. The first-order chi connectivity index (χ1) is 14.0. The third-order valence-corrected chi connectivity index (χ3v) is 8.91. The van der Waals surface area contributed by atoms with Crippen molar-refractivity contribution in [1.29, 1.82) is 0 Å². The van der Waals surface area contributed by atoms with Crippen LogP contribution in [0.4, 0.5) is 0 Å². The molecule has 0 radical (unpaired) electrons. The molecule has 5 nitrogen and oxygen atoms in total. The fraction of sp³-hybridized carbons (Fsp3) is 0.286. The van der Waals surface area contributed by atoms with Crippen molar-refractivity contribution >= 4 is 38.6 Å². The van der Waals surface area contributed by atoms with E-state index in [9.17, 15) is 13.2 Å². The molecule has 0 unspecified atom stereocenters. The second-order valence-corrected chi connectivity index (χ2v) is 10.7. The van der Waals surface area contributed by atoms with Crippen LogP contribution in [0, 0.1) is 0 Å². The molecule has 0 fully saturated rings. The Kier molecular flexibility index (Phi) is 5.87. The number of sulfonamides is 1. The van der Waals surface area contributed by atoms with Gasteiger partial charge in [-0.05, 0) is 47.4 Å². The van der Waals surface area contributed by atoms with Crippen molar-refractivity contribution < 1.29 is 13.2 Å². The van der Waals surface area contributed by atoms with Crippen LogP contribution in [0.25, 0.3) is 0 Å². The van der Waals surface area contributed by atoms with Crippen LogP contribution in [-0.2, 0) is 29.5 Å². The molecule has 3 heterocycles. The lowest BCUT2D eigenvalue weighted by Crippen LogP contribution is -2.37. The van der Waals surface area contributed by atoms with Crippen LogP contribution in [-0.4, -0.2) is 36.6 Å². The Bertz CT molecular complexity index is 1100. The third-order valence-electron chi connectivity index (χ3n) is 5.13. The summed E-state index contributed by atoms with van der Waals surface area (Å²) in [4.78, 5) is 16.4. The quantitative estimate of drug-likeness (QED) is 0.570. The van der Waals surface area contributed by atoms with Gasteiger partial charge in [-0.2, -0.15) is 4.31 Å². The van der Waals surface area contributed by atoms with Crippen LogP contribution < -0.4 is 0 Å². The summed E-state index contributed by atoms with van der Waals surface area (Å²) < 4.78 is 28.2. The molecule has 0 bridgehead atoms. The topological polar surface area (TPSA) is 57.7 Å². The van der Waals surface area contributed by atoms with Crippen LogP contribution in [0.1, 0.15) is 32.6 Å². The highest BCUT2D eigenvalue weighted by atomic mass is 32.2. The van der Waals surface area contributed by atoms with E-state index in [1.807, 2.05) is 48.7 Å². The number of rotatable bonds is 6. The molecule has 0 saturated carbocycles. The molecule has 8 heteroatoms. The molecule has 0 saturated heterocycles. The molecule has 1 aliphatic heterocycles. The lowest BCUT2D eigenvalue weighted by atomic mass is 10.0. The Labute approximate surface area is 179 Å². The minimum Gasteiger partial charge on any atom is -0.333 e. The van der Waals surface area contributed by atoms with Gasteiger partial charge in [0.25, 0.3) is 5.91 Å². The fourth-order valence-corrected chi connectivity index (χ4v) is 7.03. The van der Waals surface area contributed by atoms with Gasteiger partial charge in [-0.1, -0.05) is 30.3 Å². The number of amides is 1. The normalized spacial score (nSPS) is 14.5. The zero-order chi connectivity index (χ0) is 20.4. The van der Waals surface area contributed by atoms with Gasteiger partial charge in [0.15, 0.2) is 0 Å². The average Bonchev–Trinajstić information content (AvgIpc) is 3.43. The highest BCUT2D eigenvalue weighted by Crippen LogP contribution is 2.30. The van der Waals surface area contributed by atoms with Crippen LogP contribution in [0.3, 0.4) is 0 Å².